The minimum absolute atomic E-state index is 0.0143. The maximum atomic E-state index is 12.8. The molecule has 0 aromatic carbocycles. The lowest BCUT2D eigenvalue weighted by Crippen LogP contribution is -2.46. The standard InChI is InChI=1S/C42H77N2O9P/c1-6-8-10-11-12-13-14-15-16-17-21-25-30-39(46)38(36-53-54(50,51)52-35-34-44(3,4)5)43-42(49)33-27-32-41(48)40(47)31-26-22-19-18-20-24-29-37(45)28-23-9-7-2/h18-20,22,24-26,29-31,37-41,45-48H,6-17,21,23,27-28,32-36H2,1-5H3,(H-,43,49,50,51)/b20-18-,22-19+,29-24+,30-25+,31-26+/t37-,38-,39+,40-,41-/m0/s1. The number of hydrogen-bond acceptors (Lipinski definition) is 9. The van der Waals surface area contributed by atoms with Crippen LogP contribution in [0.4, 0.5) is 0 Å². The van der Waals surface area contributed by atoms with Gasteiger partial charge in [-0.2, -0.15) is 0 Å². The van der Waals surface area contributed by atoms with E-state index in [4.69, 9.17) is 9.05 Å². The van der Waals surface area contributed by atoms with Crippen LogP contribution in [0.15, 0.2) is 60.8 Å². The number of quaternary nitrogens is 1. The molecular formula is C42H77N2O9P. The third-order valence-corrected chi connectivity index (χ3v) is 9.80. The molecule has 0 saturated carbocycles. The van der Waals surface area contributed by atoms with E-state index in [1.807, 2.05) is 27.2 Å². The van der Waals surface area contributed by atoms with Crippen molar-refractivity contribution in [1.82, 2.24) is 5.32 Å². The predicted octanol–water partition coefficient (Wildman–Crippen LogP) is 6.97. The third kappa shape index (κ3) is 33.4. The predicted molar refractivity (Wildman–Crippen MR) is 219 cm³/mol. The monoisotopic (exact) mass is 785 g/mol. The fourth-order valence-electron chi connectivity index (χ4n) is 5.36. The number of aliphatic hydroxyl groups is 4. The van der Waals surface area contributed by atoms with E-state index in [0.717, 1.165) is 44.9 Å². The molecule has 6 atom stereocenters. The van der Waals surface area contributed by atoms with Crippen molar-refractivity contribution in [3.8, 4) is 0 Å². The van der Waals surface area contributed by atoms with Gasteiger partial charge in [0.1, 0.15) is 13.2 Å². The lowest BCUT2D eigenvalue weighted by molar-refractivity contribution is -0.870. The number of phosphoric ester groups is 1. The molecule has 0 radical (unpaired) electrons. The molecular weight excluding hydrogens is 707 g/mol. The molecule has 0 aromatic rings. The van der Waals surface area contributed by atoms with E-state index in [1.54, 1.807) is 48.6 Å². The summed E-state index contributed by atoms with van der Waals surface area (Å²) in [4.78, 5) is 25.2. The number of nitrogens with one attached hydrogen (secondary N) is 1. The van der Waals surface area contributed by atoms with E-state index in [9.17, 15) is 34.7 Å². The normalized spacial score (nSPS) is 16.9. The molecule has 1 unspecified atom stereocenters. The Morgan fingerprint density at radius 2 is 1.26 bits per heavy atom. The molecule has 314 valence electrons. The molecule has 0 heterocycles. The highest BCUT2D eigenvalue weighted by Crippen LogP contribution is 2.38. The molecule has 54 heavy (non-hydrogen) atoms. The number of carbonyl (C=O) groups is 1. The summed E-state index contributed by atoms with van der Waals surface area (Å²) in [6.45, 7) is 4.21. The first-order chi connectivity index (χ1) is 25.7. The van der Waals surface area contributed by atoms with Crippen LogP contribution >= 0.6 is 7.82 Å². The minimum Gasteiger partial charge on any atom is -0.756 e. The number of carbonyl (C=O) groups excluding carboxylic acids is 1. The summed E-state index contributed by atoms with van der Waals surface area (Å²) in [5.74, 6) is -0.452. The number of hydrogen-bond donors (Lipinski definition) is 5. The van der Waals surface area contributed by atoms with Gasteiger partial charge in [0.2, 0.25) is 5.91 Å². The van der Waals surface area contributed by atoms with Gasteiger partial charge in [0.15, 0.2) is 0 Å². The van der Waals surface area contributed by atoms with Gasteiger partial charge in [0.25, 0.3) is 7.82 Å². The van der Waals surface area contributed by atoms with E-state index < -0.39 is 50.8 Å². The molecule has 0 rings (SSSR count). The van der Waals surface area contributed by atoms with Crippen molar-refractivity contribution in [2.75, 3.05) is 40.9 Å². The number of phosphoric acid groups is 1. The Morgan fingerprint density at radius 1 is 0.704 bits per heavy atom. The van der Waals surface area contributed by atoms with Gasteiger partial charge >= 0.3 is 0 Å². The van der Waals surface area contributed by atoms with Crippen LogP contribution in [0.1, 0.15) is 129 Å². The summed E-state index contributed by atoms with van der Waals surface area (Å²) in [5.41, 5.74) is 0. The molecule has 0 aromatic heterocycles. The largest absolute Gasteiger partial charge is 0.756 e. The second-order valence-corrected chi connectivity index (χ2v) is 16.6. The first kappa shape index (κ1) is 52.1. The van der Waals surface area contributed by atoms with Crippen molar-refractivity contribution in [2.45, 2.75) is 160 Å². The van der Waals surface area contributed by atoms with E-state index in [2.05, 4.69) is 19.2 Å². The highest BCUT2D eigenvalue weighted by atomic mass is 31.2. The number of aliphatic hydroxyl groups excluding tert-OH is 4. The van der Waals surface area contributed by atoms with Crippen molar-refractivity contribution < 1.29 is 48.2 Å². The first-order valence-corrected chi connectivity index (χ1v) is 21.9. The van der Waals surface area contributed by atoms with Gasteiger partial charge in [-0.3, -0.25) is 9.36 Å². The highest BCUT2D eigenvalue weighted by Gasteiger charge is 2.23. The Labute approximate surface area is 328 Å². The smallest absolute Gasteiger partial charge is 0.268 e. The van der Waals surface area contributed by atoms with E-state index in [1.165, 1.54) is 57.4 Å². The van der Waals surface area contributed by atoms with Crippen LogP contribution in [0.3, 0.4) is 0 Å². The summed E-state index contributed by atoms with van der Waals surface area (Å²) < 4.78 is 23.0. The van der Waals surface area contributed by atoms with Crippen LogP contribution in [-0.2, 0) is 18.4 Å². The summed E-state index contributed by atoms with van der Waals surface area (Å²) in [7, 11) is 1.03. The van der Waals surface area contributed by atoms with E-state index in [-0.39, 0.29) is 25.9 Å². The van der Waals surface area contributed by atoms with Gasteiger partial charge < -0.3 is 44.2 Å². The number of amides is 1. The summed E-state index contributed by atoms with van der Waals surface area (Å²) in [6.07, 6.45) is 30.5. The number of allylic oxidation sites excluding steroid dienone is 7. The zero-order chi connectivity index (χ0) is 40.5. The fourth-order valence-corrected chi connectivity index (χ4v) is 6.08. The first-order valence-electron chi connectivity index (χ1n) is 20.5. The Bertz CT molecular complexity index is 1120. The van der Waals surface area contributed by atoms with Gasteiger partial charge in [-0.05, 0) is 32.1 Å². The molecule has 0 aliphatic rings. The highest BCUT2D eigenvalue weighted by molar-refractivity contribution is 7.45. The van der Waals surface area contributed by atoms with Crippen molar-refractivity contribution in [1.29, 1.82) is 0 Å². The molecule has 0 bridgehead atoms. The molecule has 1 amide bonds. The fraction of sp³-hybridized carbons (Fsp3) is 0.738. The van der Waals surface area contributed by atoms with Crippen LogP contribution in [-0.4, -0.2) is 102 Å². The zero-order valence-corrected chi connectivity index (χ0v) is 35.1. The Balaban J connectivity index is 4.88. The average molecular weight is 785 g/mol. The minimum atomic E-state index is -4.68. The molecule has 5 N–H and O–H groups in total. The quantitative estimate of drug-likeness (QED) is 0.0150. The van der Waals surface area contributed by atoms with Crippen LogP contribution in [0.2, 0.25) is 0 Å². The van der Waals surface area contributed by atoms with Crippen molar-refractivity contribution >= 4 is 13.7 Å². The number of rotatable bonds is 35. The topological polar surface area (TPSA) is 169 Å². The van der Waals surface area contributed by atoms with Crippen LogP contribution in [0.25, 0.3) is 0 Å². The number of unbranched alkanes of at least 4 members (excludes halogenated alkanes) is 12. The van der Waals surface area contributed by atoms with Gasteiger partial charge in [0, 0.05) is 6.42 Å². The van der Waals surface area contributed by atoms with Crippen LogP contribution in [0.5, 0.6) is 0 Å². The molecule has 11 nitrogen and oxygen atoms in total. The van der Waals surface area contributed by atoms with E-state index in [0.29, 0.717) is 11.0 Å². The van der Waals surface area contributed by atoms with Crippen LogP contribution in [0, 0.1) is 0 Å². The summed E-state index contributed by atoms with van der Waals surface area (Å²) in [6, 6.07) is -1.05. The molecule has 0 aliphatic heterocycles. The Hall–Kier alpha value is -1.92. The second kappa shape index (κ2) is 33.2. The molecule has 0 aliphatic carbocycles. The van der Waals surface area contributed by atoms with Crippen molar-refractivity contribution in [3.63, 3.8) is 0 Å². The van der Waals surface area contributed by atoms with E-state index >= 15 is 0 Å². The zero-order valence-electron chi connectivity index (χ0n) is 34.2. The summed E-state index contributed by atoms with van der Waals surface area (Å²) in [5, 5.41) is 44.1. The molecule has 0 saturated heterocycles. The maximum absolute atomic E-state index is 12.8. The van der Waals surface area contributed by atoms with Gasteiger partial charge in [0.05, 0.1) is 58.2 Å². The lowest BCUT2D eigenvalue weighted by atomic mass is 10.0. The van der Waals surface area contributed by atoms with Crippen LogP contribution < -0.4 is 10.2 Å². The van der Waals surface area contributed by atoms with Crippen molar-refractivity contribution in [3.05, 3.63) is 60.8 Å². The molecule has 0 spiro atoms. The molecule has 0 fully saturated rings. The Kier molecular flexibility index (Phi) is 32.1. The van der Waals surface area contributed by atoms with Gasteiger partial charge in [-0.15, -0.1) is 0 Å². The molecule has 12 heteroatoms. The number of nitrogens with zero attached hydrogens (tertiary/aromatic N) is 1. The van der Waals surface area contributed by atoms with Gasteiger partial charge in [-0.1, -0.05) is 152 Å². The SMILES string of the molecule is CCCCCCCCCCCC/C=C/[C@@H](O)[C@H](COP(=O)([O-])OCC[N+](C)(C)C)NC(=O)CCC[C@H](O)[C@@H](O)/C=C/C=C/C=C\C=C\[C@@H](O)CCCCC. The van der Waals surface area contributed by atoms with Gasteiger partial charge in [-0.25, -0.2) is 0 Å². The second-order valence-electron chi connectivity index (χ2n) is 15.2. The average Bonchev–Trinajstić information content (AvgIpc) is 3.10. The number of likely N-dealkylation sites (N-methyl/N-ethyl adjacent to an activating group) is 1. The third-order valence-electron chi connectivity index (χ3n) is 8.84. The summed E-state index contributed by atoms with van der Waals surface area (Å²) >= 11 is 0. The Morgan fingerprint density at radius 3 is 1.87 bits per heavy atom. The van der Waals surface area contributed by atoms with Crippen molar-refractivity contribution in [2.24, 2.45) is 0 Å². The maximum Gasteiger partial charge on any atom is 0.268 e. The lowest BCUT2D eigenvalue weighted by Gasteiger charge is -2.29.